The van der Waals surface area contributed by atoms with E-state index in [1.807, 2.05) is 6.92 Å². The highest BCUT2D eigenvalue weighted by Gasteiger charge is 2.37. The molecule has 1 amide bonds. The molecule has 45 heavy (non-hydrogen) atoms. The molecule has 0 spiro atoms. The molecule has 0 saturated carbocycles. The van der Waals surface area contributed by atoms with Gasteiger partial charge in [0.15, 0.2) is 11.9 Å². The first kappa shape index (κ1) is 33.2. The Labute approximate surface area is 261 Å². The van der Waals surface area contributed by atoms with E-state index >= 15 is 0 Å². The fourth-order valence-electron chi connectivity index (χ4n) is 4.52. The standard InChI is InChI=1S/C25H28ClN10O8P/c1-5-29-21-22-30-11-19(28-3)36(22)34-24(33-21)31-16-8-14(10-27)9-17(20(16)26)35-7-6-15(32-25(38)42-4)18(12-35)43-23(37)13(2)44-45(39,40)41/h8-9,11,13,15,18H,5-7,12H2,1-2,4H3,(H,32,38)(H2,39,40,41)(H2,29,31,33,34)/t13-,15-,18-/m1/s1. The number of methoxy groups -OCH3 is 1. The number of fused-ring (bicyclic) bond motifs is 1. The Kier molecular flexibility index (Phi) is 10.3. The molecule has 3 atom stereocenters. The molecule has 18 nitrogen and oxygen atoms in total. The van der Waals surface area contributed by atoms with E-state index in [0.717, 1.165) is 6.92 Å². The molecule has 5 N–H and O–H groups in total. The van der Waals surface area contributed by atoms with Gasteiger partial charge in [-0.05, 0) is 32.4 Å². The minimum absolute atomic E-state index is 0.0481. The zero-order valence-electron chi connectivity index (χ0n) is 24.1. The molecule has 0 bridgehead atoms. The summed E-state index contributed by atoms with van der Waals surface area (Å²) in [5, 5.41) is 23.0. The van der Waals surface area contributed by atoms with Gasteiger partial charge in [-0.15, -0.1) is 4.52 Å². The van der Waals surface area contributed by atoms with Crippen molar-refractivity contribution in [1.29, 1.82) is 5.26 Å². The van der Waals surface area contributed by atoms with Crippen molar-refractivity contribution in [2.24, 2.45) is 0 Å². The summed E-state index contributed by atoms with van der Waals surface area (Å²) in [6.07, 6.45) is -1.86. The molecule has 0 unspecified atom stereocenters. The normalized spacial score (nSPS) is 17.1. The number of nitrogens with one attached hydrogen (secondary N) is 3. The number of piperidine rings is 1. The van der Waals surface area contributed by atoms with Gasteiger partial charge in [-0.1, -0.05) is 23.3 Å². The van der Waals surface area contributed by atoms with Crippen molar-refractivity contribution < 1.29 is 37.9 Å². The van der Waals surface area contributed by atoms with E-state index in [2.05, 4.69) is 51.2 Å². The average Bonchev–Trinajstić information content (AvgIpc) is 3.41. The fourth-order valence-corrected chi connectivity index (χ4v) is 5.30. The van der Waals surface area contributed by atoms with Gasteiger partial charge in [-0.2, -0.15) is 10.2 Å². The first-order valence-corrected chi connectivity index (χ1v) is 15.2. The van der Waals surface area contributed by atoms with Crippen molar-refractivity contribution in [1.82, 2.24) is 24.9 Å². The number of imidazole rings is 1. The number of carbonyl (C=O) groups excluding carboxylic acids is 2. The second-order valence-corrected chi connectivity index (χ2v) is 11.1. The summed E-state index contributed by atoms with van der Waals surface area (Å²) >= 11 is 6.84. The first-order valence-electron chi connectivity index (χ1n) is 13.3. The topological polar surface area (TPSA) is 230 Å². The molecule has 1 aliphatic heterocycles. The molecule has 20 heteroatoms. The van der Waals surface area contributed by atoms with Crippen LogP contribution >= 0.6 is 19.4 Å². The Morgan fingerprint density at radius 2 is 2.13 bits per heavy atom. The largest absolute Gasteiger partial charge is 0.470 e. The smallest absolute Gasteiger partial charge is 0.456 e. The summed E-state index contributed by atoms with van der Waals surface area (Å²) in [6, 6.07) is 4.35. The van der Waals surface area contributed by atoms with Crippen LogP contribution in [0, 0.1) is 17.9 Å². The summed E-state index contributed by atoms with van der Waals surface area (Å²) in [5.74, 6) is -0.518. The maximum absolute atomic E-state index is 12.7. The van der Waals surface area contributed by atoms with Crippen LogP contribution in [-0.4, -0.2) is 86.4 Å². The van der Waals surface area contributed by atoms with Gasteiger partial charge in [0.25, 0.3) is 17.4 Å². The number of carbonyl (C=O) groups is 2. The molecule has 238 valence electrons. The third-order valence-corrected chi connectivity index (χ3v) is 7.50. The van der Waals surface area contributed by atoms with Crippen molar-refractivity contribution in [3.05, 3.63) is 40.3 Å². The fraction of sp³-hybridized carbons (Fsp3) is 0.400. The molecule has 4 rings (SSSR count). The second-order valence-electron chi connectivity index (χ2n) is 9.56. The molecule has 3 heterocycles. The van der Waals surface area contributed by atoms with Crippen molar-refractivity contribution in [3.8, 4) is 6.07 Å². The van der Waals surface area contributed by atoms with Crippen molar-refractivity contribution in [2.75, 3.05) is 42.3 Å². The molecule has 2 aromatic heterocycles. The summed E-state index contributed by atoms with van der Waals surface area (Å²) < 4.78 is 27.2. The number of phosphoric acid groups is 1. The number of rotatable bonds is 10. The van der Waals surface area contributed by atoms with Crippen LogP contribution in [0.3, 0.4) is 0 Å². The molecular formula is C25H28ClN10O8P. The lowest BCUT2D eigenvalue weighted by Gasteiger charge is -2.40. The van der Waals surface area contributed by atoms with Crippen molar-refractivity contribution in [3.63, 3.8) is 0 Å². The predicted octanol–water partition coefficient (Wildman–Crippen LogP) is 2.72. The van der Waals surface area contributed by atoms with Crippen LogP contribution < -0.4 is 20.9 Å². The number of benzene rings is 1. The van der Waals surface area contributed by atoms with Gasteiger partial charge in [-0.3, -0.25) is 4.52 Å². The van der Waals surface area contributed by atoms with Gasteiger partial charge in [0.1, 0.15) is 6.10 Å². The number of phosphoric ester groups is 1. The summed E-state index contributed by atoms with van der Waals surface area (Å²) in [4.78, 5) is 56.6. The molecule has 1 aliphatic rings. The SMILES string of the molecule is [C-]#[N+]c1cnc2c(NCC)nc(Nc3cc(C#N)cc(N4CC[C@@H](NC(=O)OC)[C@H](OC(=O)[C@@H](C)OP(=O)(O)O)C4)c3Cl)nn12. The quantitative estimate of drug-likeness (QED) is 0.119. The van der Waals surface area contributed by atoms with Gasteiger partial charge in [-0.25, -0.2) is 19.1 Å². The Balaban J connectivity index is 1.66. The van der Waals surface area contributed by atoms with Crippen LogP contribution in [0.25, 0.3) is 10.5 Å². The van der Waals surface area contributed by atoms with Crippen LogP contribution in [0.15, 0.2) is 18.3 Å². The van der Waals surface area contributed by atoms with E-state index in [0.29, 0.717) is 23.7 Å². The van der Waals surface area contributed by atoms with E-state index in [9.17, 15) is 19.4 Å². The van der Waals surface area contributed by atoms with Crippen molar-refractivity contribution in [2.45, 2.75) is 38.5 Å². The minimum Gasteiger partial charge on any atom is -0.456 e. The molecule has 0 aliphatic carbocycles. The zero-order valence-corrected chi connectivity index (χ0v) is 25.7. The Morgan fingerprint density at radius 1 is 1.38 bits per heavy atom. The van der Waals surface area contributed by atoms with Crippen LogP contribution in [0.4, 0.5) is 33.8 Å². The van der Waals surface area contributed by atoms with Gasteiger partial charge in [0.05, 0.1) is 53.9 Å². The van der Waals surface area contributed by atoms with Crippen molar-refractivity contribution >= 4 is 66.1 Å². The third-order valence-electron chi connectivity index (χ3n) is 6.52. The number of alkyl carbamates (subject to hydrolysis) is 1. The average molecular weight is 663 g/mol. The number of nitriles is 1. The molecule has 0 radical (unpaired) electrons. The van der Waals surface area contributed by atoms with Gasteiger partial charge in [0.2, 0.25) is 0 Å². The molecule has 1 fully saturated rings. The van der Waals surface area contributed by atoms with Gasteiger partial charge >= 0.3 is 19.9 Å². The Hall–Kier alpha value is -4.71. The monoisotopic (exact) mass is 662 g/mol. The lowest BCUT2D eigenvalue weighted by Crippen LogP contribution is -2.56. The number of ether oxygens (including phenoxy) is 2. The van der Waals surface area contributed by atoms with Crippen LogP contribution in [0.2, 0.25) is 5.02 Å². The number of nitrogens with zero attached hydrogens (tertiary/aromatic N) is 7. The third kappa shape index (κ3) is 7.88. The minimum atomic E-state index is -4.99. The highest BCUT2D eigenvalue weighted by atomic mass is 35.5. The van der Waals surface area contributed by atoms with Gasteiger partial charge in [0, 0.05) is 13.1 Å². The number of esters is 1. The number of aromatic nitrogens is 4. The van der Waals surface area contributed by atoms with E-state index in [-0.39, 0.29) is 47.6 Å². The lowest BCUT2D eigenvalue weighted by atomic mass is 10.0. The first-order chi connectivity index (χ1) is 21.4. The summed E-state index contributed by atoms with van der Waals surface area (Å²) in [5.41, 5.74) is 1.17. The highest BCUT2D eigenvalue weighted by Crippen LogP contribution is 2.39. The summed E-state index contributed by atoms with van der Waals surface area (Å²) in [7, 11) is -3.83. The molecule has 3 aromatic rings. The number of hydrogen-bond acceptors (Lipinski definition) is 13. The number of halogens is 1. The Bertz CT molecular complexity index is 1740. The van der Waals surface area contributed by atoms with E-state index in [1.165, 1.54) is 30.0 Å². The van der Waals surface area contributed by atoms with E-state index < -0.39 is 38.1 Å². The zero-order chi connectivity index (χ0) is 32.9. The lowest BCUT2D eigenvalue weighted by molar-refractivity contribution is -0.159. The van der Waals surface area contributed by atoms with Crippen LogP contribution in [0.5, 0.6) is 0 Å². The highest BCUT2D eigenvalue weighted by molar-refractivity contribution is 7.46. The maximum Gasteiger partial charge on any atom is 0.470 e. The van der Waals surface area contributed by atoms with Gasteiger partial charge < -0.3 is 45.0 Å². The molecule has 1 aromatic carbocycles. The number of hydrogen-bond donors (Lipinski definition) is 5. The Morgan fingerprint density at radius 3 is 2.78 bits per heavy atom. The van der Waals surface area contributed by atoms with E-state index in [1.54, 1.807) is 4.90 Å². The van der Waals surface area contributed by atoms with E-state index in [4.69, 9.17) is 32.7 Å². The summed E-state index contributed by atoms with van der Waals surface area (Å²) in [6.45, 7) is 11.1. The van der Waals surface area contributed by atoms with Crippen LogP contribution in [0.1, 0.15) is 25.8 Å². The number of anilines is 4. The molecular weight excluding hydrogens is 635 g/mol. The van der Waals surface area contributed by atoms with Crippen LogP contribution in [-0.2, 0) is 23.4 Å². The second kappa shape index (κ2) is 13.9. The maximum atomic E-state index is 12.7. The predicted molar refractivity (Wildman–Crippen MR) is 159 cm³/mol. The number of amides is 1. The molecule has 1 saturated heterocycles.